The van der Waals surface area contributed by atoms with Crippen molar-refractivity contribution in [2.45, 2.75) is 71.2 Å². The minimum absolute atomic E-state index is 0.0909. The minimum atomic E-state index is -1.22. The van der Waals surface area contributed by atoms with Gasteiger partial charge >= 0.3 is 11.6 Å². The molecule has 0 bridgehead atoms. The van der Waals surface area contributed by atoms with Crippen molar-refractivity contribution in [2.75, 3.05) is 13.7 Å². The summed E-state index contributed by atoms with van der Waals surface area (Å²) < 4.78 is 27.3. The lowest BCUT2D eigenvalue weighted by atomic mass is 9.69. The van der Waals surface area contributed by atoms with E-state index >= 15 is 0 Å². The first-order valence-electron chi connectivity index (χ1n) is 12.2. The molecule has 37 heavy (non-hydrogen) atoms. The second kappa shape index (κ2) is 11.6. The Labute approximate surface area is 216 Å². The predicted molar refractivity (Wildman–Crippen MR) is 137 cm³/mol. The first-order valence-corrected chi connectivity index (χ1v) is 12.2. The van der Waals surface area contributed by atoms with Crippen molar-refractivity contribution in [3.05, 3.63) is 69.8 Å². The predicted octanol–water partition coefficient (Wildman–Crippen LogP) is 3.22. The van der Waals surface area contributed by atoms with Gasteiger partial charge in [0.25, 0.3) is 0 Å². The summed E-state index contributed by atoms with van der Waals surface area (Å²) in [6.45, 7) is 8.86. The molecule has 6 atom stereocenters. The summed E-state index contributed by atoms with van der Waals surface area (Å²) in [5.74, 6) is 0.238. The van der Waals surface area contributed by atoms with E-state index in [1.54, 1.807) is 70.2 Å². The standard InChI is InChI=1S/C28H36O9/c1-7-22-28(5,32)27(4)24(30)20(36-26(27)37-22)13-11-9-8-10-12-19-18(3)21(16-23(29)35-19)34-15-14-17(2)25(31)33-6/h8-14,16,20,22,24,26,30,32H,7,15H2,1-6H3. The number of ether oxygens (including phenoxy) is 4. The molecule has 2 fully saturated rings. The number of aliphatic hydroxyl groups excluding tert-OH is 1. The molecule has 2 saturated heterocycles. The van der Waals surface area contributed by atoms with Crippen molar-refractivity contribution in [2.24, 2.45) is 5.41 Å². The molecule has 2 aliphatic heterocycles. The van der Waals surface area contributed by atoms with Crippen LogP contribution in [0.15, 0.2) is 57.3 Å². The topological polar surface area (TPSA) is 125 Å². The number of aliphatic hydroxyl groups is 2. The fourth-order valence-electron chi connectivity index (χ4n) is 4.63. The van der Waals surface area contributed by atoms with Gasteiger partial charge in [-0.25, -0.2) is 9.59 Å². The van der Waals surface area contributed by atoms with E-state index in [0.29, 0.717) is 29.1 Å². The Kier molecular flexibility index (Phi) is 8.96. The van der Waals surface area contributed by atoms with Gasteiger partial charge in [0.2, 0.25) is 0 Å². The van der Waals surface area contributed by atoms with Crippen LogP contribution in [-0.4, -0.2) is 60.1 Å². The Bertz CT molecular complexity index is 1160. The molecule has 0 radical (unpaired) electrons. The molecule has 9 heteroatoms. The summed E-state index contributed by atoms with van der Waals surface area (Å²) in [6.07, 6.45) is 9.77. The van der Waals surface area contributed by atoms with Crippen molar-refractivity contribution in [1.82, 2.24) is 0 Å². The number of rotatable bonds is 9. The highest BCUT2D eigenvalue weighted by atomic mass is 16.7. The van der Waals surface area contributed by atoms with Crippen LogP contribution < -0.4 is 10.4 Å². The number of hydrogen-bond donors (Lipinski definition) is 2. The molecule has 0 spiro atoms. The first kappa shape index (κ1) is 28.6. The van der Waals surface area contributed by atoms with Crippen LogP contribution >= 0.6 is 0 Å². The van der Waals surface area contributed by atoms with E-state index in [-0.39, 0.29) is 6.61 Å². The smallest absolute Gasteiger partial charge is 0.339 e. The molecule has 3 heterocycles. The fraction of sp³-hybridized carbons (Fsp3) is 0.500. The highest BCUT2D eigenvalue weighted by molar-refractivity contribution is 5.87. The van der Waals surface area contributed by atoms with Gasteiger partial charge < -0.3 is 33.6 Å². The lowest BCUT2D eigenvalue weighted by Crippen LogP contribution is -2.54. The van der Waals surface area contributed by atoms with Crippen LogP contribution in [0.5, 0.6) is 5.75 Å². The molecule has 9 nitrogen and oxygen atoms in total. The third-order valence-electron chi connectivity index (χ3n) is 7.29. The third-order valence-corrected chi connectivity index (χ3v) is 7.29. The number of carbonyl (C=O) groups excluding carboxylic acids is 1. The molecule has 3 rings (SSSR count). The molecule has 1 aromatic heterocycles. The van der Waals surface area contributed by atoms with Gasteiger partial charge in [-0.1, -0.05) is 37.3 Å². The van der Waals surface area contributed by atoms with Crippen LogP contribution in [0.1, 0.15) is 45.4 Å². The van der Waals surface area contributed by atoms with Gasteiger partial charge in [-0.2, -0.15) is 0 Å². The average molecular weight is 517 g/mol. The van der Waals surface area contributed by atoms with Crippen LogP contribution in [-0.2, 0) is 19.0 Å². The quantitative estimate of drug-likeness (QED) is 0.289. The number of fused-ring (bicyclic) bond motifs is 1. The van der Waals surface area contributed by atoms with Gasteiger partial charge in [-0.05, 0) is 46.3 Å². The molecule has 6 unspecified atom stereocenters. The zero-order valence-corrected chi connectivity index (χ0v) is 22.1. The Hall–Kier alpha value is -2.98. The summed E-state index contributed by atoms with van der Waals surface area (Å²) in [7, 11) is 1.30. The van der Waals surface area contributed by atoms with E-state index in [1.807, 2.05) is 6.92 Å². The number of carbonyl (C=O) groups is 1. The fourth-order valence-corrected chi connectivity index (χ4v) is 4.63. The second-order valence-corrected chi connectivity index (χ2v) is 9.58. The maximum atomic E-state index is 12.0. The number of methoxy groups -OCH3 is 1. The zero-order valence-electron chi connectivity index (χ0n) is 22.1. The molecule has 0 aliphatic carbocycles. The Balaban J connectivity index is 1.61. The Morgan fingerprint density at radius 2 is 1.89 bits per heavy atom. The highest BCUT2D eigenvalue weighted by Crippen LogP contribution is 2.55. The Morgan fingerprint density at radius 3 is 2.54 bits per heavy atom. The molecule has 0 saturated carbocycles. The third kappa shape index (κ3) is 5.65. The van der Waals surface area contributed by atoms with Crippen molar-refractivity contribution >= 4 is 12.0 Å². The van der Waals surface area contributed by atoms with Gasteiger partial charge in [0.1, 0.15) is 29.8 Å². The second-order valence-electron chi connectivity index (χ2n) is 9.58. The molecular weight excluding hydrogens is 480 g/mol. The van der Waals surface area contributed by atoms with Crippen LogP contribution in [0.4, 0.5) is 0 Å². The molecule has 1 aromatic rings. The SMILES string of the molecule is CCC1OC2OC(C=CC=CC=Cc3oc(=O)cc(OCC=C(C)C(=O)OC)c3C)C(O)C2(C)C1(C)O. The number of hydrogen-bond acceptors (Lipinski definition) is 9. The maximum Gasteiger partial charge on any atom is 0.339 e. The van der Waals surface area contributed by atoms with Gasteiger partial charge in [-0.3, -0.25) is 0 Å². The lowest BCUT2D eigenvalue weighted by molar-refractivity contribution is -0.144. The van der Waals surface area contributed by atoms with E-state index in [4.69, 9.17) is 18.6 Å². The monoisotopic (exact) mass is 516 g/mol. The number of esters is 1. The lowest BCUT2D eigenvalue weighted by Gasteiger charge is -2.38. The highest BCUT2D eigenvalue weighted by Gasteiger charge is 2.69. The normalized spacial score (nSPS) is 32.1. The van der Waals surface area contributed by atoms with E-state index < -0.39 is 47.2 Å². The zero-order chi connectivity index (χ0) is 27.4. The molecular formula is C28H36O9. The van der Waals surface area contributed by atoms with Gasteiger partial charge in [0, 0.05) is 11.1 Å². The van der Waals surface area contributed by atoms with E-state index in [2.05, 4.69) is 4.74 Å². The van der Waals surface area contributed by atoms with Crippen molar-refractivity contribution < 1.29 is 38.4 Å². The van der Waals surface area contributed by atoms with Gasteiger partial charge in [0.15, 0.2) is 6.29 Å². The molecule has 202 valence electrons. The van der Waals surface area contributed by atoms with Crippen LogP contribution in [0.3, 0.4) is 0 Å². The molecule has 0 aromatic carbocycles. The average Bonchev–Trinajstić information content (AvgIpc) is 3.22. The molecule has 0 amide bonds. The van der Waals surface area contributed by atoms with Crippen LogP contribution in [0, 0.1) is 12.3 Å². The van der Waals surface area contributed by atoms with Crippen molar-refractivity contribution in [3.8, 4) is 5.75 Å². The summed E-state index contributed by atoms with van der Waals surface area (Å²) in [4.78, 5) is 23.4. The van der Waals surface area contributed by atoms with E-state index in [0.717, 1.165) is 0 Å². The summed E-state index contributed by atoms with van der Waals surface area (Å²) >= 11 is 0. The van der Waals surface area contributed by atoms with Crippen molar-refractivity contribution in [1.29, 1.82) is 0 Å². The number of allylic oxidation sites excluding steroid dienone is 4. The largest absolute Gasteiger partial charge is 0.489 e. The summed E-state index contributed by atoms with van der Waals surface area (Å²) in [5.41, 5.74) is -1.69. The van der Waals surface area contributed by atoms with Crippen LogP contribution in [0.25, 0.3) is 6.08 Å². The van der Waals surface area contributed by atoms with Crippen LogP contribution in [0.2, 0.25) is 0 Å². The molecule has 2 aliphatic rings. The Morgan fingerprint density at radius 1 is 1.19 bits per heavy atom. The van der Waals surface area contributed by atoms with Crippen molar-refractivity contribution in [3.63, 3.8) is 0 Å². The molecule has 2 N–H and O–H groups in total. The first-order chi connectivity index (χ1) is 17.5. The van der Waals surface area contributed by atoms with Gasteiger partial charge in [0.05, 0.1) is 30.8 Å². The summed E-state index contributed by atoms with van der Waals surface area (Å²) in [5, 5.41) is 21.9. The maximum absolute atomic E-state index is 12.0. The summed E-state index contributed by atoms with van der Waals surface area (Å²) in [6, 6.07) is 1.25. The van der Waals surface area contributed by atoms with E-state index in [1.165, 1.54) is 13.2 Å². The van der Waals surface area contributed by atoms with Gasteiger partial charge in [-0.15, -0.1) is 0 Å². The van der Waals surface area contributed by atoms with E-state index in [9.17, 15) is 19.8 Å². The minimum Gasteiger partial charge on any atom is -0.489 e.